The molecule has 0 bridgehead atoms. The number of hydrogen-bond donors (Lipinski definition) is 1. The summed E-state index contributed by atoms with van der Waals surface area (Å²) in [6.45, 7) is 1.36. The fourth-order valence-corrected chi connectivity index (χ4v) is 2.66. The Morgan fingerprint density at radius 2 is 1.77 bits per heavy atom. The van der Waals surface area contributed by atoms with Crippen LogP contribution in [0.4, 0.5) is 0 Å². The molecular weight excluding hydrogens is 272 g/mol. The molecule has 0 fully saturated rings. The summed E-state index contributed by atoms with van der Waals surface area (Å²) in [4.78, 5) is 6.60. The second-order valence-corrected chi connectivity index (χ2v) is 5.66. The van der Waals surface area contributed by atoms with E-state index in [-0.39, 0.29) is 0 Å². The van der Waals surface area contributed by atoms with Gasteiger partial charge in [-0.25, -0.2) is 0 Å². The van der Waals surface area contributed by atoms with Gasteiger partial charge in [-0.2, -0.15) is 0 Å². The van der Waals surface area contributed by atoms with Crippen molar-refractivity contribution in [1.82, 2.24) is 9.88 Å². The fourth-order valence-electron chi connectivity index (χ4n) is 2.66. The summed E-state index contributed by atoms with van der Waals surface area (Å²) < 4.78 is 0. The quantitative estimate of drug-likeness (QED) is 0.783. The van der Waals surface area contributed by atoms with Gasteiger partial charge in [0.2, 0.25) is 0 Å². The van der Waals surface area contributed by atoms with Crippen LogP contribution in [0.3, 0.4) is 0 Å². The van der Waals surface area contributed by atoms with Crippen molar-refractivity contribution in [2.45, 2.75) is 12.6 Å². The predicted molar refractivity (Wildman–Crippen MR) is 89.5 cm³/mol. The molecule has 3 nitrogen and oxygen atoms in total. The lowest BCUT2D eigenvalue weighted by atomic mass is 10.1. The van der Waals surface area contributed by atoms with Crippen molar-refractivity contribution < 1.29 is 5.11 Å². The second-order valence-electron chi connectivity index (χ2n) is 5.66. The lowest BCUT2D eigenvalue weighted by Gasteiger charge is -2.21. The van der Waals surface area contributed by atoms with Gasteiger partial charge in [-0.15, -0.1) is 0 Å². The number of benzene rings is 2. The van der Waals surface area contributed by atoms with E-state index in [0.29, 0.717) is 6.54 Å². The van der Waals surface area contributed by atoms with Gasteiger partial charge in [0.25, 0.3) is 0 Å². The summed E-state index contributed by atoms with van der Waals surface area (Å²) in [7, 11) is 2.02. The maximum atomic E-state index is 10.3. The SMILES string of the molecule is CN(Cc1cnc2ccccc2c1)C[C@H](O)c1ccccc1. The highest BCUT2D eigenvalue weighted by atomic mass is 16.3. The highest BCUT2D eigenvalue weighted by Crippen LogP contribution is 2.16. The Morgan fingerprint density at radius 1 is 1.05 bits per heavy atom. The van der Waals surface area contributed by atoms with Crippen LogP contribution in [0.5, 0.6) is 0 Å². The van der Waals surface area contributed by atoms with Gasteiger partial charge in [0.15, 0.2) is 0 Å². The van der Waals surface area contributed by atoms with Crippen LogP contribution in [0.1, 0.15) is 17.2 Å². The molecule has 0 amide bonds. The van der Waals surface area contributed by atoms with Crippen molar-refractivity contribution in [1.29, 1.82) is 0 Å². The topological polar surface area (TPSA) is 36.4 Å². The summed E-state index contributed by atoms with van der Waals surface area (Å²) in [5, 5.41) is 11.4. The molecule has 0 unspecified atom stereocenters. The van der Waals surface area contributed by atoms with Crippen LogP contribution in [0.2, 0.25) is 0 Å². The highest BCUT2D eigenvalue weighted by molar-refractivity contribution is 5.78. The molecule has 0 saturated heterocycles. The molecule has 112 valence electrons. The Bertz CT molecular complexity index is 743. The molecule has 22 heavy (non-hydrogen) atoms. The number of aliphatic hydroxyl groups is 1. The predicted octanol–water partition coefficient (Wildman–Crippen LogP) is 3.40. The van der Waals surface area contributed by atoms with Crippen molar-refractivity contribution >= 4 is 10.9 Å². The van der Waals surface area contributed by atoms with Gasteiger partial charge in [0.05, 0.1) is 11.6 Å². The first-order chi connectivity index (χ1) is 10.7. The van der Waals surface area contributed by atoms with Gasteiger partial charge in [-0.3, -0.25) is 9.88 Å². The maximum Gasteiger partial charge on any atom is 0.0916 e. The minimum atomic E-state index is -0.473. The number of aliphatic hydroxyl groups excluding tert-OH is 1. The second kappa shape index (κ2) is 6.69. The summed E-state index contributed by atoms with van der Waals surface area (Å²) in [5.41, 5.74) is 3.12. The number of pyridine rings is 1. The summed E-state index contributed by atoms with van der Waals surface area (Å²) in [6, 6.07) is 20.0. The van der Waals surface area contributed by atoms with Gasteiger partial charge in [0.1, 0.15) is 0 Å². The molecule has 0 radical (unpaired) electrons. The van der Waals surface area contributed by atoms with Crippen molar-refractivity contribution in [3.05, 3.63) is 78.0 Å². The Hall–Kier alpha value is -2.23. The molecule has 3 aromatic rings. The van der Waals surface area contributed by atoms with Crippen LogP contribution in [0, 0.1) is 0 Å². The van der Waals surface area contributed by atoms with Crippen LogP contribution in [-0.2, 0) is 6.54 Å². The van der Waals surface area contributed by atoms with Gasteiger partial charge in [0, 0.05) is 24.7 Å². The Balaban J connectivity index is 1.66. The zero-order valence-electron chi connectivity index (χ0n) is 12.7. The van der Waals surface area contributed by atoms with Crippen LogP contribution in [-0.4, -0.2) is 28.6 Å². The van der Waals surface area contributed by atoms with Crippen molar-refractivity contribution in [2.24, 2.45) is 0 Å². The number of hydrogen-bond acceptors (Lipinski definition) is 3. The molecule has 0 aliphatic rings. The lowest BCUT2D eigenvalue weighted by Crippen LogP contribution is -2.24. The van der Waals surface area contributed by atoms with Gasteiger partial charge in [-0.1, -0.05) is 48.5 Å². The first-order valence-electron chi connectivity index (χ1n) is 7.47. The van der Waals surface area contributed by atoms with Crippen molar-refractivity contribution in [3.8, 4) is 0 Å². The zero-order chi connectivity index (χ0) is 15.4. The highest BCUT2D eigenvalue weighted by Gasteiger charge is 2.11. The molecule has 1 atom stereocenters. The number of para-hydroxylation sites is 1. The molecule has 0 aliphatic carbocycles. The number of likely N-dealkylation sites (N-methyl/N-ethyl adjacent to an activating group) is 1. The Morgan fingerprint density at radius 3 is 2.59 bits per heavy atom. The van der Waals surface area contributed by atoms with Gasteiger partial charge < -0.3 is 5.11 Å². The van der Waals surface area contributed by atoms with Gasteiger partial charge >= 0.3 is 0 Å². The third kappa shape index (κ3) is 3.50. The number of rotatable bonds is 5. The summed E-state index contributed by atoms with van der Waals surface area (Å²) >= 11 is 0. The largest absolute Gasteiger partial charge is 0.387 e. The minimum absolute atomic E-state index is 0.473. The maximum absolute atomic E-state index is 10.3. The molecule has 0 spiro atoms. The molecule has 1 heterocycles. The fraction of sp³-hybridized carbons (Fsp3) is 0.211. The first-order valence-corrected chi connectivity index (χ1v) is 7.47. The lowest BCUT2D eigenvalue weighted by molar-refractivity contribution is 0.124. The number of fused-ring (bicyclic) bond motifs is 1. The van der Waals surface area contributed by atoms with Gasteiger partial charge in [-0.05, 0) is 30.3 Å². The van der Waals surface area contributed by atoms with Crippen molar-refractivity contribution in [3.63, 3.8) is 0 Å². The molecule has 1 aromatic heterocycles. The molecule has 0 aliphatic heterocycles. The standard InChI is InChI=1S/C19H20N2O/c1-21(14-19(22)16-7-3-2-4-8-16)13-15-11-17-9-5-6-10-18(17)20-12-15/h2-12,19,22H,13-14H2,1H3/t19-/m0/s1. The average Bonchev–Trinajstić information content (AvgIpc) is 2.55. The van der Waals surface area contributed by atoms with Crippen LogP contribution in [0.25, 0.3) is 10.9 Å². The average molecular weight is 292 g/mol. The zero-order valence-corrected chi connectivity index (χ0v) is 12.7. The van der Waals surface area contributed by atoms with Crippen LogP contribution >= 0.6 is 0 Å². The van der Waals surface area contributed by atoms with E-state index < -0.39 is 6.10 Å². The smallest absolute Gasteiger partial charge is 0.0916 e. The molecule has 3 rings (SSSR count). The van der Waals surface area contributed by atoms with E-state index in [2.05, 4.69) is 22.0 Å². The third-order valence-corrected chi connectivity index (χ3v) is 3.77. The van der Waals surface area contributed by atoms with Crippen molar-refractivity contribution in [2.75, 3.05) is 13.6 Å². The van der Waals surface area contributed by atoms with E-state index in [9.17, 15) is 5.11 Å². The van der Waals surface area contributed by atoms with Crippen LogP contribution in [0.15, 0.2) is 66.9 Å². The number of aromatic nitrogens is 1. The Kier molecular flexibility index (Phi) is 4.47. The third-order valence-electron chi connectivity index (χ3n) is 3.77. The minimum Gasteiger partial charge on any atom is -0.387 e. The van der Waals surface area contributed by atoms with E-state index in [1.165, 1.54) is 0 Å². The normalized spacial score (nSPS) is 12.7. The molecular formula is C19H20N2O. The summed E-state index contributed by atoms with van der Waals surface area (Å²) in [6.07, 6.45) is 1.44. The molecule has 3 heteroatoms. The molecule has 2 aromatic carbocycles. The van der Waals surface area contributed by atoms with E-state index >= 15 is 0 Å². The summed E-state index contributed by atoms with van der Waals surface area (Å²) in [5.74, 6) is 0. The van der Waals surface area contributed by atoms with E-state index in [4.69, 9.17) is 0 Å². The van der Waals surface area contributed by atoms with E-state index in [0.717, 1.165) is 28.6 Å². The Labute approximate surface area is 130 Å². The number of nitrogens with zero attached hydrogens (tertiary/aromatic N) is 2. The van der Waals surface area contributed by atoms with Crippen LogP contribution < -0.4 is 0 Å². The monoisotopic (exact) mass is 292 g/mol. The molecule has 1 N–H and O–H groups in total. The first kappa shape index (κ1) is 14.7. The van der Waals surface area contributed by atoms with E-state index in [1.807, 2.05) is 61.8 Å². The van der Waals surface area contributed by atoms with E-state index in [1.54, 1.807) is 0 Å². The molecule has 0 saturated carbocycles.